The molecule has 0 saturated heterocycles. The molecule has 0 bridgehead atoms. The quantitative estimate of drug-likeness (QED) is 0.790. The van der Waals surface area contributed by atoms with E-state index in [-0.39, 0.29) is 12.4 Å². The van der Waals surface area contributed by atoms with Crippen LogP contribution in [0, 0.1) is 0 Å². The van der Waals surface area contributed by atoms with Crippen LogP contribution in [-0.4, -0.2) is 16.0 Å². The van der Waals surface area contributed by atoms with Gasteiger partial charge in [-0.3, -0.25) is 4.79 Å². The zero-order valence-electron chi connectivity index (χ0n) is 9.70. The van der Waals surface area contributed by atoms with Crippen LogP contribution in [0.3, 0.4) is 0 Å². The third-order valence-electron chi connectivity index (χ3n) is 2.37. The molecule has 1 amide bonds. The van der Waals surface area contributed by atoms with Crippen molar-refractivity contribution >= 4 is 17.2 Å². The standard InChI is InChI=1S/C12H9N3O3S/c16-11(13-7-8-3-1-5-17-8)12-14-10(15-18-12)9-4-2-6-19-9/h1-6H,7H2,(H,13,16). The number of carbonyl (C=O) groups excluding carboxylic acids is 1. The number of nitrogens with zero attached hydrogens (tertiary/aromatic N) is 2. The molecule has 96 valence electrons. The second-order valence-electron chi connectivity index (χ2n) is 3.66. The summed E-state index contributed by atoms with van der Waals surface area (Å²) in [6.45, 7) is 0.280. The van der Waals surface area contributed by atoms with Crippen molar-refractivity contribution in [2.45, 2.75) is 6.54 Å². The third-order valence-corrected chi connectivity index (χ3v) is 3.23. The molecule has 0 fully saturated rings. The third kappa shape index (κ3) is 2.55. The number of carbonyl (C=O) groups is 1. The van der Waals surface area contributed by atoms with E-state index in [0.717, 1.165) is 4.88 Å². The molecule has 0 aliphatic heterocycles. The summed E-state index contributed by atoms with van der Waals surface area (Å²) in [5.41, 5.74) is 0. The Balaban J connectivity index is 1.67. The Morgan fingerprint density at radius 2 is 2.32 bits per heavy atom. The first kappa shape index (κ1) is 11.7. The predicted octanol–water partition coefficient (Wildman–Crippen LogP) is 2.32. The lowest BCUT2D eigenvalue weighted by atomic mass is 10.4. The minimum atomic E-state index is -0.424. The maximum absolute atomic E-state index is 11.8. The van der Waals surface area contributed by atoms with Crippen LogP contribution < -0.4 is 5.32 Å². The van der Waals surface area contributed by atoms with E-state index in [2.05, 4.69) is 15.5 Å². The molecule has 3 aromatic heterocycles. The topological polar surface area (TPSA) is 81.2 Å². The SMILES string of the molecule is O=C(NCc1ccco1)c1nc(-c2cccs2)no1. The molecular weight excluding hydrogens is 266 g/mol. The fourth-order valence-electron chi connectivity index (χ4n) is 1.48. The van der Waals surface area contributed by atoms with Crippen molar-refractivity contribution < 1.29 is 13.7 Å². The summed E-state index contributed by atoms with van der Waals surface area (Å²) in [6, 6.07) is 7.27. The Hall–Kier alpha value is -2.41. The highest BCUT2D eigenvalue weighted by Gasteiger charge is 2.16. The molecule has 3 aromatic rings. The molecule has 0 aliphatic carbocycles. The van der Waals surface area contributed by atoms with Crippen LogP contribution in [0.5, 0.6) is 0 Å². The van der Waals surface area contributed by atoms with Gasteiger partial charge in [-0.1, -0.05) is 11.2 Å². The highest BCUT2D eigenvalue weighted by atomic mass is 32.1. The largest absolute Gasteiger partial charge is 0.467 e. The monoisotopic (exact) mass is 275 g/mol. The summed E-state index contributed by atoms with van der Waals surface area (Å²) in [6.07, 6.45) is 1.54. The Kier molecular flexibility index (Phi) is 3.11. The average molecular weight is 275 g/mol. The van der Waals surface area contributed by atoms with E-state index in [0.29, 0.717) is 11.6 Å². The number of rotatable bonds is 4. The van der Waals surface area contributed by atoms with Crippen LogP contribution in [-0.2, 0) is 6.54 Å². The van der Waals surface area contributed by atoms with Gasteiger partial charge in [0.25, 0.3) is 0 Å². The van der Waals surface area contributed by atoms with Gasteiger partial charge in [-0.2, -0.15) is 4.98 Å². The van der Waals surface area contributed by atoms with E-state index < -0.39 is 5.91 Å². The Morgan fingerprint density at radius 1 is 1.37 bits per heavy atom. The van der Waals surface area contributed by atoms with E-state index in [1.165, 1.54) is 11.3 Å². The van der Waals surface area contributed by atoms with Crippen molar-refractivity contribution in [3.8, 4) is 10.7 Å². The maximum atomic E-state index is 11.8. The first-order valence-corrected chi connectivity index (χ1v) is 6.39. The summed E-state index contributed by atoms with van der Waals surface area (Å²) < 4.78 is 10.0. The van der Waals surface area contributed by atoms with Crippen LogP contribution >= 0.6 is 11.3 Å². The van der Waals surface area contributed by atoms with Gasteiger partial charge in [0, 0.05) is 0 Å². The number of furan rings is 1. The normalized spacial score (nSPS) is 10.5. The van der Waals surface area contributed by atoms with Crippen LogP contribution in [0.2, 0.25) is 0 Å². The molecule has 3 heterocycles. The number of amides is 1. The number of nitrogens with one attached hydrogen (secondary N) is 1. The van der Waals surface area contributed by atoms with Gasteiger partial charge in [-0.15, -0.1) is 11.3 Å². The van der Waals surface area contributed by atoms with Crippen molar-refractivity contribution in [1.29, 1.82) is 0 Å². The maximum Gasteiger partial charge on any atom is 0.316 e. The summed E-state index contributed by atoms with van der Waals surface area (Å²) in [5, 5.41) is 8.30. The summed E-state index contributed by atoms with van der Waals surface area (Å²) in [7, 11) is 0. The molecule has 0 aliphatic rings. The number of aromatic nitrogens is 2. The molecule has 0 unspecified atom stereocenters. The average Bonchev–Trinajstić information content (AvgIpc) is 3.14. The van der Waals surface area contributed by atoms with Crippen molar-refractivity contribution in [3.63, 3.8) is 0 Å². The van der Waals surface area contributed by atoms with Crippen molar-refractivity contribution in [3.05, 3.63) is 47.6 Å². The lowest BCUT2D eigenvalue weighted by Gasteiger charge is -1.97. The van der Waals surface area contributed by atoms with E-state index >= 15 is 0 Å². The summed E-state index contributed by atoms with van der Waals surface area (Å²) in [4.78, 5) is 16.7. The fourth-order valence-corrected chi connectivity index (χ4v) is 2.13. The Bertz CT molecular complexity index is 658. The minimum absolute atomic E-state index is 0.0602. The molecule has 1 N–H and O–H groups in total. The Morgan fingerprint density at radius 3 is 3.05 bits per heavy atom. The second kappa shape index (κ2) is 5.07. The zero-order valence-corrected chi connectivity index (χ0v) is 10.5. The fraction of sp³-hybridized carbons (Fsp3) is 0.0833. The molecule has 0 atom stereocenters. The molecule has 0 saturated carbocycles. The van der Waals surface area contributed by atoms with Crippen LogP contribution in [0.25, 0.3) is 10.7 Å². The predicted molar refractivity (Wildman–Crippen MR) is 67.5 cm³/mol. The number of hydrogen-bond acceptors (Lipinski definition) is 6. The highest BCUT2D eigenvalue weighted by molar-refractivity contribution is 7.13. The smallest absolute Gasteiger partial charge is 0.316 e. The number of hydrogen-bond donors (Lipinski definition) is 1. The molecule has 0 spiro atoms. The van der Waals surface area contributed by atoms with Crippen molar-refractivity contribution in [2.24, 2.45) is 0 Å². The zero-order chi connectivity index (χ0) is 13.1. The van der Waals surface area contributed by atoms with Gasteiger partial charge in [0.15, 0.2) is 0 Å². The van der Waals surface area contributed by atoms with Crippen molar-refractivity contribution in [1.82, 2.24) is 15.5 Å². The van der Waals surface area contributed by atoms with Crippen LogP contribution in [0.1, 0.15) is 16.4 Å². The minimum Gasteiger partial charge on any atom is -0.467 e. The molecular formula is C12H9N3O3S. The van der Waals surface area contributed by atoms with Gasteiger partial charge < -0.3 is 14.3 Å². The molecule has 6 nitrogen and oxygen atoms in total. The van der Waals surface area contributed by atoms with Gasteiger partial charge >= 0.3 is 11.8 Å². The second-order valence-corrected chi connectivity index (χ2v) is 4.61. The van der Waals surface area contributed by atoms with Gasteiger partial charge in [-0.05, 0) is 23.6 Å². The van der Waals surface area contributed by atoms with Gasteiger partial charge in [0.05, 0.1) is 17.7 Å². The molecule has 7 heteroatoms. The molecule has 3 rings (SSSR count). The lowest BCUT2D eigenvalue weighted by Crippen LogP contribution is -2.22. The van der Waals surface area contributed by atoms with Crippen molar-refractivity contribution in [2.75, 3.05) is 0 Å². The van der Waals surface area contributed by atoms with E-state index in [1.54, 1.807) is 18.4 Å². The van der Waals surface area contributed by atoms with Crippen LogP contribution in [0.4, 0.5) is 0 Å². The molecule has 19 heavy (non-hydrogen) atoms. The van der Waals surface area contributed by atoms with E-state index in [4.69, 9.17) is 8.94 Å². The van der Waals surface area contributed by atoms with Crippen LogP contribution in [0.15, 0.2) is 44.8 Å². The number of thiophene rings is 1. The Labute approximate surface area is 112 Å². The molecule has 0 radical (unpaired) electrons. The highest BCUT2D eigenvalue weighted by Crippen LogP contribution is 2.21. The van der Waals surface area contributed by atoms with E-state index in [1.807, 2.05) is 17.5 Å². The summed E-state index contributed by atoms with van der Waals surface area (Å²) in [5.74, 6) is 0.589. The first-order valence-electron chi connectivity index (χ1n) is 5.51. The van der Waals surface area contributed by atoms with Gasteiger partial charge in [-0.25, -0.2) is 0 Å². The molecule has 0 aromatic carbocycles. The summed E-state index contributed by atoms with van der Waals surface area (Å²) >= 11 is 1.48. The van der Waals surface area contributed by atoms with Gasteiger partial charge in [0.2, 0.25) is 5.82 Å². The lowest BCUT2D eigenvalue weighted by molar-refractivity contribution is 0.0904. The van der Waals surface area contributed by atoms with E-state index in [9.17, 15) is 4.79 Å². The van der Waals surface area contributed by atoms with Gasteiger partial charge in [0.1, 0.15) is 5.76 Å². The first-order chi connectivity index (χ1) is 9.33.